The highest BCUT2D eigenvalue weighted by Gasteiger charge is 2.06. The third-order valence-corrected chi connectivity index (χ3v) is 2.72. The van der Waals surface area contributed by atoms with E-state index in [0.717, 1.165) is 32.7 Å². The van der Waals surface area contributed by atoms with Gasteiger partial charge in [0.25, 0.3) is 0 Å². The lowest BCUT2D eigenvalue weighted by atomic mass is 10.3. The second-order valence-electron chi connectivity index (χ2n) is 3.60. The van der Waals surface area contributed by atoms with Crippen molar-refractivity contribution in [1.29, 1.82) is 0 Å². The van der Waals surface area contributed by atoms with E-state index in [1.165, 1.54) is 0 Å². The molecule has 0 aromatic carbocycles. The summed E-state index contributed by atoms with van der Waals surface area (Å²) >= 11 is 0. The van der Waals surface area contributed by atoms with E-state index in [0.29, 0.717) is 6.54 Å². The van der Waals surface area contributed by atoms with Crippen LogP contribution < -0.4 is 0 Å². The fourth-order valence-electron chi connectivity index (χ4n) is 1.50. The van der Waals surface area contributed by atoms with Gasteiger partial charge in [-0.1, -0.05) is 20.8 Å². The van der Waals surface area contributed by atoms with Gasteiger partial charge in [0.2, 0.25) is 0 Å². The molecule has 0 aliphatic heterocycles. The Morgan fingerprint density at radius 3 is 1.80 bits per heavy atom. The van der Waals surface area contributed by atoms with Gasteiger partial charge in [-0.25, -0.2) is 0 Å². The molecule has 0 aliphatic rings. The molecule has 0 atom stereocenters. The van der Waals surface area contributed by atoms with Crippen LogP contribution in [-0.2, 0) is 4.79 Å². The van der Waals surface area contributed by atoms with Crippen molar-refractivity contribution < 1.29 is 9.90 Å². The van der Waals surface area contributed by atoms with Gasteiger partial charge in [-0.05, 0) is 19.6 Å². The van der Waals surface area contributed by atoms with E-state index in [9.17, 15) is 4.79 Å². The molecule has 4 nitrogen and oxygen atoms in total. The van der Waals surface area contributed by atoms with Gasteiger partial charge in [-0.2, -0.15) is 0 Å². The molecule has 0 saturated heterocycles. The quantitative estimate of drug-likeness (QED) is 0.627. The highest BCUT2D eigenvalue weighted by Crippen LogP contribution is 1.94. The lowest BCUT2D eigenvalue weighted by Crippen LogP contribution is -2.36. The topological polar surface area (TPSA) is 43.8 Å². The third kappa shape index (κ3) is 7.33. The van der Waals surface area contributed by atoms with Gasteiger partial charge in [-0.3, -0.25) is 4.79 Å². The minimum atomic E-state index is -0.712. The predicted octanol–water partition coefficient (Wildman–Crippen LogP) is 1.12. The first-order valence-electron chi connectivity index (χ1n) is 5.80. The summed E-state index contributed by atoms with van der Waals surface area (Å²) in [6.07, 6.45) is 0.242. The number of rotatable bonds is 9. The van der Waals surface area contributed by atoms with E-state index in [4.69, 9.17) is 5.11 Å². The third-order valence-electron chi connectivity index (χ3n) is 2.72. The van der Waals surface area contributed by atoms with E-state index in [-0.39, 0.29) is 6.42 Å². The molecule has 0 bridgehead atoms. The fourth-order valence-corrected chi connectivity index (χ4v) is 1.50. The highest BCUT2D eigenvalue weighted by molar-refractivity contribution is 5.66. The Bertz CT molecular complexity index is 170. The van der Waals surface area contributed by atoms with Crippen molar-refractivity contribution in [3.63, 3.8) is 0 Å². The van der Waals surface area contributed by atoms with Gasteiger partial charge < -0.3 is 14.9 Å². The molecule has 0 spiro atoms. The van der Waals surface area contributed by atoms with E-state index >= 15 is 0 Å². The van der Waals surface area contributed by atoms with E-state index < -0.39 is 5.97 Å². The summed E-state index contributed by atoms with van der Waals surface area (Å²) in [7, 11) is 0. The molecular formula is C11H24N2O2. The van der Waals surface area contributed by atoms with Crippen LogP contribution in [0, 0.1) is 0 Å². The van der Waals surface area contributed by atoms with Crippen LogP contribution in [0.25, 0.3) is 0 Å². The van der Waals surface area contributed by atoms with Crippen molar-refractivity contribution >= 4 is 5.97 Å². The fraction of sp³-hybridized carbons (Fsp3) is 0.909. The predicted molar refractivity (Wildman–Crippen MR) is 62.2 cm³/mol. The molecule has 90 valence electrons. The minimum absolute atomic E-state index is 0.242. The molecule has 4 heteroatoms. The van der Waals surface area contributed by atoms with Crippen molar-refractivity contribution in [2.45, 2.75) is 27.2 Å². The standard InChI is InChI=1S/C11H24N2O2/c1-4-12(5-2)9-10-13(6-3)8-7-11(14)15/h4-10H2,1-3H3,(H,14,15). The minimum Gasteiger partial charge on any atom is -0.481 e. The lowest BCUT2D eigenvalue weighted by molar-refractivity contribution is -0.137. The Hall–Kier alpha value is -0.610. The summed E-state index contributed by atoms with van der Waals surface area (Å²) in [6, 6.07) is 0. The van der Waals surface area contributed by atoms with E-state index in [1.54, 1.807) is 0 Å². The number of carboxylic acids is 1. The van der Waals surface area contributed by atoms with Crippen LogP contribution in [0.4, 0.5) is 0 Å². The Morgan fingerprint density at radius 1 is 0.933 bits per heavy atom. The Morgan fingerprint density at radius 2 is 1.40 bits per heavy atom. The number of likely N-dealkylation sites (N-methyl/N-ethyl adjacent to an activating group) is 2. The first kappa shape index (κ1) is 14.4. The molecule has 0 rings (SSSR count). The van der Waals surface area contributed by atoms with Crippen molar-refractivity contribution in [1.82, 2.24) is 9.80 Å². The number of carbonyl (C=O) groups is 1. The monoisotopic (exact) mass is 216 g/mol. The maximum Gasteiger partial charge on any atom is 0.304 e. The average Bonchev–Trinajstić information content (AvgIpc) is 2.23. The largest absolute Gasteiger partial charge is 0.481 e. The van der Waals surface area contributed by atoms with Gasteiger partial charge in [0, 0.05) is 19.6 Å². The zero-order valence-electron chi connectivity index (χ0n) is 10.2. The summed E-state index contributed by atoms with van der Waals surface area (Å²) in [6.45, 7) is 12.1. The summed E-state index contributed by atoms with van der Waals surface area (Å²) in [4.78, 5) is 15.0. The molecule has 0 aliphatic carbocycles. The molecule has 0 aromatic heterocycles. The average molecular weight is 216 g/mol. The van der Waals surface area contributed by atoms with Crippen LogP contribution in [0.2, 0.25) is 0 Å². The number of carboxylic acid groups (broad SMARTS) is 1. The van der Waals surface area contributed by atoms with Crippen LogP contribution in [0.1, 0.15) is 27.2 Å². The number of aliphatic carboxylic acids is 1. The van der Waals surface area contributed by atoms with Crippen molar-refractivity contribution in [2.24, 2.45) is 0 Å². The van der Waals surface area contributed by atoms with Gasteiger partial charge in [0.1, 0.15) is 0 Å². The van der Waals surface area contributed by atoms with Gasteiger partial charge in [-0.15, -0.1) is 0 Å². The van der Waals surface area contributed by atoms with Crippen LogP contribution in [0.15, 0.2) is 0 Å². The number of nitrogens with zero attached hydrogens (tertiary/aromatic N) is 2. The summed E-state index contributed by atoms with van der Waals surface area (Å²) < 4.78 is 0. The number of hydrogen-bond acceptors (Lipinski definition) is 3. The van der Waals surface area contributed by atoms with E-state index in [2.05, 4.69) is 30.6 Å². The molecule has 0 aromatic rings. The van der Waals surface area contributed by atoms with Crippen molar-refractivity contribution in [2.75, 3.05) is 39.3 Å². The molecule has 15 heavy (non-hydrogen) atoms. The highest BCUT2D eigenvalue weighted by atomic mass is 16.4. The van der Waals surface area contributed by atoms with Gasteiger partial charge in [0.05, 0.1) is 6.42 Å². The summed E-state index contributed by atoms with van der Waals surface area (Å²) in [5.74, 6) is -0.712. The Labute approximate surface area is 92.9 Å². The molecular weight excluding hydrogens is 192 g/mol. The smallest absolute Gasteiger partial charge is 0.304 e. The second kappa shape index (κ2) is 8.68. The Balaban J connectivity index is 3.73. The van der Waals surface area contributed by atoms with Crippen molar-refractivity contribution in [3.05, 3.63) is 0 Å². The molecule has 0 radical (unpaired) electrons. The van der Waals surface area contributed by atoms with Crippen LogP contribution in [-0.4, -0.2) is 60.1 Å². The van der Waals surface area contributed by atoms with E-state index in [1.807, 2.05) is 0 Å². The van der Waals surface area contributed by atoms with Crippen LogP contribution in [0.3, 0.4) is 0 Å². The maximum absolute atomic E-state index is 10.4. The summed E-state index contributed by atoms with van der Waals surface area (Å²) in [5, 5.41) is 8.59. The molecule has 0 heterocycles. The second-order valence-corrected chi connectivity index (χ2v) is 3.60. The Kier molecular flexibility index (Phi) is 8.33. The first-order chi connectivity index (χ1) is 7.13. The first-order valence-corrected chi connectivity index (χ1v) is 5.80. The van der Waals surface area contributed by atoms with Gasteiger partial charge in [0.15, 0.2) is 0 Å². The zero-order chi connectivity index (χ0) is 11.7. The molecule has 0 unspecified atom stereocenters. The summed E-state index contributed by atoms with van der Waals surface area (Å²) in [5.41, 5.74) is 0. The van der Waals surface area contributed by atoms with Gasteiger partial charge >= 0.3 is 5.97 Å². The maximum atomic E-state index is 10.4. The zero-order valence-corrected chi connectivity index (χ0v) is 10.2. The molecule has 1 N–H and O–H groups in total. The van der Waals surface area contributed by atoms with Crippen LogP contribution in [0.5, 0.6) is 0 Å². The molecule has 0 fully saturated rings. The molecule has 0 saturated carbocycles. The van der Waals surface area contributed by atoms with Crippen molar-refractivity contribution in [3.8, 4) is 0 Å². The number of hydrogen-bond donors (Lipinski definition) is 1. The van der Waals surface area contributed by atoms with Crippen LogP contribution >= 0.6 is 0 Å². The molecule has 0 amide bonds. The lowest BCUT2D eigenvalue weighted by Gasteiger charge is -2.24. The SMILES string of the molecule is CCN(CC)CCN(CC)CCC(=O)O. The normalized spacial score (nSPS) is 11.3.